The number of esters is 1. The summed E-state index contributed by atoms with van der Waals surface area (Å²) in [5.74, 6) is 3.53. The van der Waals surface area contributed by atoms with Gasteiger partial charge in [-0.2, -0.15) is 11.8 Å². The van der Waals surface area contributed by atoms with Crippen LogP contribution >= 0.6 is 23.4 Å². The summed E-state index contributed by atoms with van der Waals surface area (Å²) in [7, 11) is 1.37. The van der Waals surface area contributed by atoms with Gasteiger partial charge in [-0.05, 0) is 54.9 Å². The van der Waals surface area contributed by atoms with E-state index < -0.39 is 0 Å². The highest BCUT2D eigenvalue weighted by atomic mass is 35.5. The third-order valence-corrected chi connectivity index (χ3v) is 6.22. The van der Waals surface area contributed by atoms with Gasteiger partial charge in [0, 0.05) is 6.42 Å². The Bertz CT molecular complexity index is 998. The first-order valence-electron chi connectivity index (χ1n) is 8.58. The monoisotopic (exact) mass is 390 g/mol. The first-order chi connectivity index (χ1) is 12.6. The summed E-state index contributed by atoms with van der Waals surface area (Å²) < 4.78 is 6.85. The molecule has 0 radical (unpaired) electrons. The Morgan fingerprint density at radius 1 is 1.35 bits per heavy atom. The third-order valence-electron chi connectivity index (χ3n) is 4.91. The van der Waals surface area contributed by atoms with Crippen molar-refractivity contribution < 1.29 is 9.53 Å². The highest BCUT2D eigenvalue weighted by Gasteiger charge is 2.21. The lowest BCUT2D eigenvalue weighted by Crippen LogP contribution is -2.14. The van der Waals surface area contributed by atoms with E-state index in [9.17, 15) is 4.79 Å². The van der Waals surface area contributed by atoms with Crippen LogP contribution in [0.3, 0.4) is 0 Å². The number of carbonyl (C=O) groups excluding carboxylic acids is 1. The number of ether oxygens (including phenoxy) is 1. The summed E-state index contributed by atoms with van der Waals surface area (Å²) in [6.07, 6.45) is 3.26. The van der Waals surface area contributed by atoms with E-state index in [0.29, 0.717) is 22.6 Å². The van der Waals surface area contributed by atoms with Gasteiger partial charge in [-0.15, -0.1) is 10.2 Å². The number of halogens is 1. The van der Waals surface area contributed by atoms with Crippen LogP contribution in [-0.4, -0.2) is 44.2 Å². The number of rotatable bonds is 3. The van der Waals surface area contributed by atoms with Crippen LogP contribution in [0.15, 0.2) is 12.1 Å². The molecule has 26 heavy (non-hydrogen) atoms. The Labute approximate surface area is 160 Å². The molecule has 1 saturated heterocycles. The number of fused-ring (bicyclic) bond motifs is 3. The maximum atomic E-state index is 12.0. The molecule has 3 heterocycles. The van der Waals surface area contributed by atoms with Crippen LogP contribution in [0.4, 0.5) is 0 Å². The molecule has 0 saturated carbocycles. The van der Waals surface area contributed by atoms with Crippen LogP contribution in [0, 0.1) is 12.8 Å². The molecular weight excluding hydrogens is 372 g/mol. The molecule has 0 amide bonds. The molecule has 1 aliphatic rings. The minimum absolute atomic E-state index is 0.287. The van der Waals surface area contributed by atoms with Gasteiger partial charge in [0.1, 0.15) is 5.82 Å². The van der Waals surface area contributed by atoms with Crippen LogP contribution < -0.4 is 0 Å². The molecule has 4 rings (SSSR count). The largest absolute Gasteiger partial charge is 0.465 e. The second-order valence-corrected chi connectivity index (χ2v) is 8.17. The molecule has 1 aromatic carbocycles. The van der Waals surface area contributed by atoms with E-state index in [1.165, 1.54) is 31.5 Å². The van der Waals surface area contributed by atoms with Gasteiger partial charge in [-0.1, -0.05) is 11.6 Å². The summed E-state index contributed by atoms with van der Waals surface area (Å²) in [5, 5.41) is 8.94. The van der Waals surface area contributed by atoms with Crippen molar-refractivity contribution in [2.45, 2.75) is 26.2 Å². The molecular formula is C18H19ClN4O2S. The van der Waals surface area contributed by atoms with Gasteiger partial charge in [0.2, 0.25) is 0 Å². The van der Waals surface area contributed by atoms with Crippen molar-refractivity contribution in [2.75, 3.05) is 18.6 Å². The summed E-state index contributed by atoms with van der Waals surface area (Å²) >= 11 is 8.35. The number of thioether (sulfide) groups is 1. The van der Waals surface area contributed by atoms with Crippen LogP contribution in [0.2, 0.25) is 5.15 Å². The average molecular weight is 391 g/mol. The van der Waals surface area contributed by atoms with Crippen LogP contribution in [0.25, 0.3) is 16.7 Å². The van der Waals surface area contributed by atoms with Crippen LogP contribution in [0.1, 0.15) is 34.6 Å². The Balaban J connectivity index is 1.88. The Hall–Kier alpha value is -1.86. The van der Waals surface area contributed by atoms with E-state index >= 15 is 0 Å². The van der Waals surface area contributed by atoms with Gasteiger partial charge in [-0.3, -0.25) is 4.40 Å². The minimum Gasteiger partial charge on any atom is -0.465 e. The smallest absolute Gasteiger partial charge is 0.338 e. The summed E-state index contributed by atoms with van der Waals surface area (Å²) in [6, 6.07) is 3.66. The quantitative estimate of drug-likeness (QED) is 0.635. The highest BCUT2D eigenvalue weighted by Crippen LogP contribution is 2.29. The summed E-state index contributed by atoms with van der Waals surface area (Å²) in [5.41, 5.74) is 3.36. The number of hydrogen-bond donors (Lipinski definition) is 0. The molecule has 1 fully saturated rings. The molecule has 0 atom stereocenters. The van der Waals surface area contributed by atoms with Gasteiger partial charge in [0.05, 0.1) is 23.7 Å². The predicted octanol–water partition coefficient (Wildman–Crippen LogP) is 3.71. The first kappa shape index (κ1) is 17.5. The Kier molecular flexibility index (Phi) is 4.75. The van der Waals surface area contributed by atoms with Crippen molar-refractivity contribution in [1.29, 1.82) is 0 Å². The van der Waals surface area contributed by atoms with E-state index in [1.54, 1.807) is 6.07 Å². The number of benzene rings is 1. The second-order valence-electron chi connectivity index (χ2n) is 6.59. The zero-order valence-electron chi connectivity index (χ0n) is 14.7. The Morgan fingerprint density at radius 3 is 2.85 bits per heavy atom. The normalized spacial score (nSPS) is 15.7. The average Bonchev–Trinajstić information content (AvgIpc) is 3.07. The number of aromatic nitrogens is 4. The number of methoxy groups -OCH3 is 1. The van der Waals surface area contributed by atoms with E-state index in [-0.39, 0.29) is 11.1 Å². The topological polar surface area (TPSA) is 69.4 Å². The van der Waals surface area contributed by atoms with Gasteiger partial charge in [0.15, 0.2) is 10.8 Å². The van der Waals surface area contributed by atoms with Crippen LogP contribution in [0.5, 0.6) is 0 Å². The van der Waals surface area contributed by atoms with Crippen molar-refractivity contribution in [3.05, 3.63) is 34.2 Å². The number of aryl methyl sites for hydroxylation is 1. The van der Waals surface area contributed by atoms with Crippen molar-refractivity contribution >= 4 is 46.0 Å². The van der Waals surface area contributed by atoms with E-state index in [1.807, 2.05) is 29.2 Å². The highest BCUT2D eigenvalue weighted by molar-refractivity contribution is 7.99. The molecule has 0 aliphatic carbocycles. The zero-order valence-corrected chi connectivity index (χ0v) is 16.2. The Morgan fingerprint density at radius 2 is 2.12 bits per heavy atom. The molecule has 136 valence electrons. The van der Waals surface area contributed by atoms with E-state index in [2.05, 4.69) is 15.2 Å². The van der Waals surface area contributed by atoms with Gasteiger partial charge >= 0.3 is 5.97 Å². The first-order valence-corrected chi connectivity index (χ1v) is 10.1. The number of carbonyl (C=O) groups is 1. The fraction of sp³-hybridized carbons (Fsp3) is 0.444. The fourth-order valence-corrected chi connectivity index (χ4v) is 4.90. The predicted molar refractivity (Wildman–Crippen MR) is 103 cm³/mol. The maximum Gasteiger partial charge on any atom is 0.338 e. The van der Waals surface area contributed by atoms with Crippen molar-refractivity contribution in [3.63, 3.8) is 0 Å². The lowest BCUT2D eigenvalue weighted by Gasteiger charge is -2.20. The molecule has 6 nitrogen and oxygen atoms in total. The molecule has 0 unspecified atom stereocenters. The van der Waals surface area contributed by atoms with Gasteiger partial charge in [0.25, 0.3) is 0 Å². The van der Waals surface area contributed by atoms with Crippen molar-refractivity contribution in [3.8, 4) is 0 Å². The van der Waals surface area contributed by atoms with E-state index in [0.717, 1.165) is 23.3 Å². The molecule has 3 aromatic rings. The van der Waals surface area contributed by atoms with Crippen molar-refractivity contribution in [2.24, 2.45) is 5.92 Å². The standard InChI is InChI=1S/C18H19ClN4O2S/c1-10-7-14-13(9-12(10)18(24)25-2)20-16(19)17-22-21-15(23(14)17)8-11-3-5-26-6-4-11/h7,9,11H,3-6,8H2,1-2H3. The minimum atomic E-state index is -0.383. The molecule has 0 spiro atoms. The van der Waals surface area contributed by atoms with Gasteiger partial charge < -0.3 is 4.74 Å². The van der Waals surface area contributed by atoms with Crippen molar-refractivity contribution in [1.82, 2.24) is 19.6 Å². The number of hydrogen-bond acceptors (Lipinski definition) is 6. The third kappa shape index (κ3) is 3.03. The zero-order chi connectivity index (χ0) is 18.3. The lowest BCUT2D eigenvalue weighted by molar-refractivity contribution is 0.0600. The fourth-order valence-electron chi connectivity index (χ4n) is 3.48. The SMILES string of the molecule is COC(=O)c1cc2nc(Cl)c3nnc(CC4CCSCC4)n3c2cc1C. The molecule has 0 bridgehead atoms. The molecule has 2 aromatic heterocycles. The maximum absolute atomic E-state index is 12.0. The van der Waals surface area contributed by atoms with E-state index in [4.69, 9.17) is 16.3 Å². The summed E-state index contributed by atoms with van der Waals surface area (Å²) in [6.45, 7) is 1.88. The lowest BCUT2D eigenvalue weighted by atomic mass is 9.98. The van der Waals surface area contributed by atoms with Crippen LogP contribution in [-0.2, 0) is 11.2 Å². The molecule has 0 N–H and O–H groups in total. The number of nitrogens with zero attached hydrogens (tertiary/aromatic N) is 4. The summed E-state index contributed by atoms with van der Waals surface area (Å²) in [4.78, 5) is 16.4. The van der Waals surface area contributed by atoms with Gasteiger partial charge in [-0.25, -0.2) is 9.78 Å². The second kappa shape index (κ2) is 7.04. The molecule has 1 aliphatic heterocycles. The molecule has 8 heteroatoms.